The lowest BCUT2D eigenvalue weighted by Crippen LogP contribution is -2.36. The zero-order valence-corrected chi connectivity index (χ0v) is 12.6. The largest absolute Gasteiger partial charge is 0.381 e. The molecule has 1 aromatic rings. The molecule has 1 fully saturated rings. The Morgan fingerprint density at radius 2 is 1.65 bits per heavy atom. The van der Waals surface area contributed by atoms with E-state index in [2.05, 4.69) is 48.8 Å². The number of halogens is 1. The maximum absolute atomic E-state index is 5.53. The number of aryl methyl sites for hydroxylation is 3. The highest BCUT2D eigenvalue weighted by molar-refractivity contribution is 9.09. The van der Waals surface area contributed by atoms with Crippen molar-refractivity contribution in [2.24, 2.45) is 0 Å². The topological polar surface area (TPSA) is 9.23 Å². The number of hydrogen-bond donors (Lipinski definition) is 0. The minimum absolute atomic E-state index is 0.278. The smallest absolute Gasteiger partial charge is 0.0474 e. The fourth-order valence-electron chi connectivity index (χ4n) is 3.23. The molecule has 1 aliphatic rings. The molecule has 1 aromatic carbocycles. The number of rotatable bonds is 2. The molecule has 94 valence electrons. The Labute approximate surface area is 113 Å². The number of hydrogen-bond acceptors (Lipinski definition) is 1. The number of benzene rings is 1. The van der Waals surface area contributed by atoms with Gasteiger partial charge in [0, 0.05) is 24.0 Å². The summed E-state index contributed by atoms with van der Waals surface area (Å²) in [6.07, 6.45) is 2.26. The maximum atomic E-state index is 5.53. The Kier molecular flexibility index (Phi) is 3.94. The number of ether oxygens (including phenoxy) is 1. The summed E-state index contributed by atoms with van der Waals surface area (Å²) < 4.78 is 5.53. The third kappa shape index (κ3) is 2.43. The first kappa shape index (κ1) is 13.1. The van der Waals surface area contributed by atoms with Gasteiger partial charge >= 0.3 is 0 Å². The Morgan fingerprint density at radius 1 is 1.12 bits per heavy atom. The second kappa shape index (κ2) is 5.11. The van der Waals surface area contributed by atoms with Gasteiger partial charge in [0.05, 0.1) is 0 Å². The van der Waals surface area contributed by atoms with Gasteiger partial charge in [-0.05, 0) is 50.3 Å². The Balaban J connectivity index is 2.50. The number of alkyl halides is 1. The summed E-state index contributed by atoms with van der Waals surface area (Å²) in [5.74, 6) is 0. The zero-order chi connectivity index (χ0) is 12.5. The molecule has 2 rings (SSSR count). The second-order valence-corrected chi connectivity index (χ2v) is 5.86. The van der Waals surface area contributed by atoms with Crippen LogP contribution in [0.2, 0.25) is 0 Å². The highest BCUT2D eigenvalue weighted by Gasteiger charge is 2.35. The van der Waals surface area contributed by atoms with Crippen LogP contribution in [-0.4, -0.2) is 18.5 Å². The van der Waals surface area contributed by atoms with Gasteiger partial charge in [-0.1, -0.05) is 33.6 Å². The van der Waals surface area contributed by atoms with E-state index in [0.717, 1.165) is 31.4 Å². The monoisotopic (exact) mass is 296 g/mol. The highest BCUT2D eigenvalue weighted by atomic mass is 79.9. The summed E-state index contributed by atoms with van der Waals surface area (Å²) in [7, 11) is 0. The molecule has 1 heterocycles. The molecule has 0 amide bonds. The SMILES string of the molecule is Cc1cc(C)c(C2(CBr)CCOCC2)c(C)c1. The van der Waals surface area contributed by atoms with Crippen LogP contribution in [0.4, 0.5) is 0 Å². The lowest BCUT2D eigenvalue weighted by Gasteiger charge is -2.38. The molecule has 2 heteroatoms. The van der Waals surface area contributed by atoms with Crippen LogP contribution >= 0.6 is 15.9 Å². The first-order chi connectivity index (χ1) is 8.09. The van der Waals surface area contributed by atoms with Gasteiger partial charge in [0.25, 0.3) is 0 Å². The molecule has 0 aromatic heterocycles. The van der Waals surface area contributed by atoms with Gasteiger partial charge < -0.3 is 4.74 Å². The first-order valence-corrected chi connectivity index (χ1v) is 7.43. The van der Waals surface area contributed by atoms with Crippen molar-refractivity contribution in [3.8, 4) is 0 Å². The molecular weight excluding hydrogens is 276 g/mol. The van der Waals surface area contributed by atoms with Gasteiger partial charge in [-0.25, -0.2) is 0 Å². The minimum atomic E-state index is 0.278. The summed E-state index contributed by atoms with van der Waals surface area (Å²) >= 11 is 3.74. The lowest BCUT2D eigenvalue weighted by molar-refractivity contribution is 0.0580. The average molecular weight is 297 g/mol. The van der Waals surface area contributed by atoms with Crippen LogP contribution in [0.15, 0.2) is 12.1 Å². The van der Waals surface area contributed by atoms with Crippen LogP contribution in [0.5, 0.6) is 0 Å². The van der Waals surface area contributed by atoms with Gasteiger partial charge in [0.15, 0.2) is 0 Å². The van der Waals surface area contributed by atoms with Gasteiger partial charge in [-0.15, -0.1) is 0 Å². The molecule has 0 aliphatic carbocycles. The minimum Gasteiger partial charge on any atom is -0.381 e. The standard InChI is InChI=1S/C15H21BrO/c1-11-8-12(2)14(13(3)9-11)15(10-16)4-6-17-7-5-15/h8-9H,4-7,10H2,1-3H3. The molecule has 0 saturated carbocycles. The van der Waals surface area contributed by atoms with Crippen LogP contribution in [0.3, 0.4) is 0 Å². The molecule has 0 atom stereocenters. The third-order valence-corrected chi connectivity index (χ3v) is 4.99. The van der Waals surface area contributed by atoms with Crippen molar-refractivity contribution >= 4 is 15.9 Å². The van der Waals surface area contributed by atoms with Crippen molar-refractivity contribution in [2.75, 3.05) is 18.5 Å². The predicted molar refractivity (Wildman–Crippen MR) is 76.2 cm³/mol. The van der Waals surface area contributed by atoms with Crippen LogP contribution in [0.1, 0.15) is 35.1 Å². The fraction of sp³-hybridized carbons (Fsp3) is 0.600. The molecule has 0 unspecified atom stereocenters. The van der Waals surface area contributed by atoms with Crippen molar-refractivity contribution < 1.29 is 4.74 Å². The van der Waals surface area contributed by atoms with E-state index in [4.69, 9.17) is 4.74 Å². The normalized spacial score (nSPS) is 19.3. The van der Waals surface area contributed by atoms with E-state index >= 15 is 0 Å². The van der Waals surface area contributed by atoms with Crippen LogP contribution in [0.25, 0.3) is 0 Å². The highest BCUT2D eigenvalue weighted by Crippen LogP contribution is 2.40. The molecule has 1 nitrogen and oxygen atoms in total. The molecule has 1 saturated heterocycles. The van der Waals surface area contributed by atoms with Crippen molar-refractivity contribution in [3.63, 3.8) is 0 Å². The van der Waals surface area contributed by atoms with Crippen molar-refractivity contribution in [1.82, 2.24) is 0 Å². The van der Waals surface area contributed by atoms with Gasteiger partial charge in [-0.2, -0.15) is 0 Å². The first-order valence-electron chi connectivity index (χ1n) is 6.31. The summed E-state index contributed by atoms with van der Waals surface area (Å²) in [5, 5.41) is 1.04. The Hall–Kier alpha value is -0.340. The van der Waals surface area contributed by atoms with E-state index in [1.807, 2.05) is 0 Å². The third-order valence-electron chi connectivity index (χ3n) is 3.91. The van der Waals surface area contributed by atoms with E-state index < -0.39 is 0 Å². The van der Waals surface area contributed by atoms with E-state index in [9.17, 15) is 0 Å². The maximum Gasteiger partial charge on any atom is 0.0474 e. The summed E-state index contributed by atoms with van der Waals surface area (Å²) in [5.41, 5.74) is 6.05. The fourth-order valence-corrected chi connectivity index (χ4v) is 4.07. The molecule has 0 N–H and O–H groups in total. The Morgan fingerprint density at radius 3 is 2.12 bits per heavy atom. The van der Waals surface area contributed by atoms with Crippen LogP contribution in [0, 0.1) is 20.8 Å². The zero-order valence-electron chi connectivity index (χ0n) is 11.0. The quantitative estimate of drug-likeness (QED) is 0.748. The van der Waals surface area contributed by atoms with E-state index in [1.54, 1.807) is 5.56 Å². The average Bonchev–Trinajstić information content (AvgIpc) is 2.28. The van der Waals surface area contributed by atoms with Crippen LogP contribution < -0.4 is 0 Å². The Bertz CT molecular complexity index is 382. The van der Waals surface area contributed by atoms with Crippen molar-refractivity contribution in [2.45, 2.75) is 39.0 Å². The lowest BCUT2D eigenvalue weighted by atomic mass is 9.72. The predicted octanol–water partition coefficient (Wildman–Crippen LogP) is 4.05. The molecule has 0 radical (unpaired) electrons. The van der Waals surface area contributed by atoms with Gasteiger partial charge in [0.1, 0.15) is 0 Å². The molecule has 17 heavy (non-hydrogen) atoms. The van der Waals surface area contributed by atoms with Crippen LogP contribution in [-0.2, 0) is 10.2 Å². The van der Waals surface area contributed by atoms with E-state index in [1.165, 1.54) is 16.7 Å². The molecule has 0 spiro atoms. The summed E-state index contributed by atoms with van der Waals surface area (Å²) in [6, 6.07) is 4.62. The van der Waals surface area contributed by atoms with Crippen molar-refractivity contribution in [3.05, 3.63) is 34.4 Å². The molecule has 1 aliphatic heterocycles. The molecular formula is C15H21BrO. The molecule has 0 bridgehead atoms. The summed E-state index contributed by atoms with van der Waals surface area (Å²) in [4.78, 5) is 0. The van der Waals surface area contributed by atoms with Crippen molar-refractivity contribution in [1.29, 1.82) is 0 Å². The summed E-state index contributed by atoms with van der Waals surface area (Å²) in [6.45, 7) is 8.44. The van der Waals surface area contributed by atoms with E-state index in [0.29, 0.717) is 0 Å². The van der Waals surface area contributed by atoms with Gasteiger partial charge in [-0.3, -0.25) is 0 Å². The second-order valence-electron chi connectivity index (χ2n) is 5.30. The van der Waals surface area contributed by atoms with Gasteiger partial charge in [0.2, 0.25) is 0 Å². The van der Waals surface area contributed by atoms with E-state index in [-0.39, 0.29) is 5.41 Å².